The van der Waals surface area contributed by atoms with Crippen LogP contribution in [0.25, 0.3) is 22.8 Å². The standard InChI is InChI=1S/C20H25N3O2.C15H17N3/c1-20(2,3)25-19(24)23-13-9-16(10-14-23)15-5-7-17(8-6-15)18-21-11-4-12-22-18;1-8-17-15(18-9-1)14-4-2-12(3-5-14)13-6-10-16-11-7-13/h4-8,11-12,16H,9-10,13-14H2,1-3H3;1-5,8-9,13,16H,6-7,10-11H2. The molecule has 2 aliphatic heterocycles. The first kappa shape index (κ1) is 30.3. The molecule has 1 N–H and O–H groups in total. The minimum Gasteiger partial charge on any atom is -0.444 e. The summed E-state index contributed by atoms with van der Waals surface area (Å²) in [6.07, 6.45) is 11.3. The van der Waals surface area contributed by atoms with Crippen molar-refractivity contribution in [3.05, 3.63) is 96.6 Å². The van der Waals surface area contributed by atoms with Gasteiger partial charge in [0.05, 0.1) is 0 Å². The van der Waals surface area contributed by atoms with Crippen molar-refractivity contribution in [1.82, 2.24) is 30.2 Å². The van der Waals surface area contributed by atoms with E-state index in [1.165, 1.54) is 24.0 Å². The van der Waals surface area contributed by atoms with E-state index in [2.05, 4.69) is 73.8 Å². The van der Waals surface area contributed by atoms with Crippen molar-refractivity contribution in [3.63, 3.8) is 0 Å². The van der Waals surface area contributed by atoms with Gasteiger partial charge in [-0.2, -0.15) is 0 Å². The van der Waals surface area contributed by atoms with Gasteiger partial charge < -0.3 is 15.0 Å². The van der Waals surface area contributed by atoms with Gasteiger partial charge in [0.1, 0.15) is 5.60 Å². The highest BCUT2D eigenvalue weighted by molar-refractivity contribution is 5.68. The Morgan fingerprint density at radius 3 is 1.53 bits per heavy atom. The third-order valence-electron chi connectivity index (χ3n) is 7.90. The zero-order valence-electron chi connectivity index (χ0n) is 25.4. The van der Waals surface area contributed by atoms with Crippen LogP contribution in [0.15, 0.2) is 85.5 Å². The highest BCUT2D eigenvalue weighted by atomic mass is 16.6. The number of nitrogens with zero attached hydrogens (tertiary/aromatic N) is 5. The minimum absolute atomic E-state index is 0.206. The van der Waals surface area contributed by atoms with Gasteiger partial charge in [-0.1, -0.05) is 48.5 Å². The Morgan fingerprint density at radius 2 is 1.12 bits per heavy atom. The van der Waals surface area contributed by atoms with Crippen LogP contribution in [0, 0.1) is 0 Å². The van der Waals surface area contributed by atoms with Gasteiger partial charge in [-0.3, -0.25) is 0 Å². The van der Waals surface area contributed by atoms with Crippen LogP contribution in [0.4, 0.5) is 4.79 Å². The minimum atomic E-state index is -0.441. The smallest absolute Gasteiger partial charge is 0.410 e. The van der Waals surface area contributed by atoms with Gasteiger partial charge in [0, 0.05) is 49.0 Å². The van der Waals surface area contributed by atoms with E-state index in [-0.39, 0.29) is 6.09 Å². The van der Waals surface area contributed by atoms with E-state index in [0.29, 0.717) is 11.8 Å². The lowest BCUT2D eigenvalue weighted by atomic mass is 9.89. The molecule has 0 aliphatic carbocycles. The number of benzene rings is 2. The number of piperidine rings is 2. The molecule has 2 aliphatic rings. The van der Waals surface area contributed by atoms with Gasteiger partial charge in [-0.05, 0) is 94.6 Å². The van der Waals surface area contributed by atoms with Crippen molar-refractivity contribution in [2.24, 2.45) is 0 Å². The number of likely N-dealkylation sites (tertiary alicyclic amines) is 1. The lowest BCUT2D eigenvalue weighted by molar-refractivity contribution is 0.0205. The summed E-state index contributed by atoms with van der Waals surface area (Å²) in [5.41, 5.74) is 4.42. The van der Waals surface area contributed by atoms with Crippen LogP contribution in [-0.4, -0.2) is 62.7 Å². The molecule has 4 heterocycles. The van der Waals surface area contributed by atoms with E-state index < -0.39 is 5.60 Å². The average molecular weight is 579 g/mol. The fourth-order valence-corrected chi connectivity index (χ4v) is 5.58. The maximum absolute atomic E-state index is 12.1. The fourth-order valence-electron chi connectivity index (χ4n) is 5.58. The summed E-state index contributed by atoms with van der Waals surface area (Å²) >= 11 is 0. The summed E-state index contributed by atoms with van der Waals surface area (Å²) in [4.78, 5) is 31.1. The van der Waals surface area contributed by atoms with Crippen LogP contribution < -0.4 is 5.32 Å². The maximum Gasteiger partial charge on any atom is 0.410 e. The largest absolute Gasteiger partial charge is 0.444 e. The monoisotopic (exact) mass is 578 g/mol. The number of hydrogen-bond acceptors (Lipinski definition) is 7. The van der Waals surface area contributed by atoms with Crippen molar-refractivity contribution in [2.75, 3.05) is 26.2 Å². The molecule has 0 bridgehead atoms. The van der Waals surface area contributed by atoms with Gasteiger partial charge in [-0.25, -0.2) is 24.7 Å². The Labute approximate surface area is 255 Å². The summed E-state index contributed by atoms with van der Waals surface area (Å²) in [5, 5.41) is 3.40. The second-order valence-corrected chi connectivity index (χ2v) is 12.2. The molecule has 1 amide bonds. The quantitative estimate of drug-likeness (QED) is 0.282. The summed E-state index contributed by atoms with van der Waals surface area (Å²) in [5.74, 6) is 2.73. The predicted molar refractivity (Wildman–Crippen MR) is 170 cm³/mol. The molecule has 8 nitrogen and oxygen atoms in total. The number of amides is 1. The number of nitrogens with one attached hydrogen (secondary N) is 1. The predicted octanol–water partition coefficient (Wildman–Crippen LogP) is 6.87. The van der Waals surface area contributed by atoms with Crippen LogP contribution in [0.3, 0.4) is 0 Å². The Bertz CT molecular complexity index is 1410. The summed E-state index contributed by atoms with van der Waals surface area (Å²) in [6, 6.07) is 20.8. The molecule has 2 aromatic carbocycles. The Balaban J connectivity index is 0.000000180. The Hall–Kier alpha value is -4.17. The van der Waals surface area contributed by atoms with E-state index in [4.69, 9.17) is 4.74 Å². The van der Waals surface area contributed by atoms with E-state index in [1.807, 2.05) is 37.8 Å². The molecule has 0 radical (unpaired) electrons. The summed E-state index contributed by atoms with van der Waals surface area (Å²) in [7, 11) is 0. The third kappa shape index (κ3) is 8.67. The molecule has 224 valence electrons. The molecule has 0 spiro atoms. The van der Waals surface area contributed by atoms with Gasteiger partial charge in [0.2, 0.25) is 0 Å². The van der Waals surface area contributed by atoms with E-state index in [1.54, 1.807) is 24.8 Å². The summed E-state index contributed by atoms with van der Waals surface area (Å²) < 4.78 is 5.46. The number of carbonyl (C=O) groups is 1. The number of hydrogen-bond donors (Lipinski definition) is 1. The van der Waals surface area contributed by atoms with Crippen molar-refractivity contribution in [1.29, 1.82) is 0 Å². The van der Waals surface area contributed by atoms with Gasteiger partial charge >= 0.3 is 6.09 Å². The Morgan fingerprint density at radius 1 is 0.698 bits per heavy atom. The van der Waals surface area contributed by atoms with Crippen molar-refractivity contribution >= 4 is 6.09 Å². The zero-order valence-corrected chi connectivity index (χ0v) is 25.4. The van der Waals surface area contributed by atoms with Crippen LogP contribution in [0.2, 0.25) is 0 Å². The maximum atomic E-state index is 12.1. The topological polar surface area (TPSA) is 93.1 Å². The zero-order chi connectivity index (χ0) is 30.1. The fraction of sp³-hybridized carbons (Fsp3) is 0.400. The van der Waals surface area contributed by atoms with Crippen molar-refractivity contribution in [2.45, 2.75) is 63.9 Å². The number of carbonyl (C=O) groups excluding carboxylic acids is 1. The van der Waals surface area contributed by atoms with Crippen LogP contribution in [0.5, 0.6) is 0 Å². The molecule has 6 rings (SSSR count). The lowest BCUT2D eigenvalue weighted by Gasteiger charge is -2.33. The molecule has 43 heavy (non-hydrogen) atoms. The second kappa shape index (κ2) is 14.3. The SMILES string of the molecule is CC(C)(C)OC(=O)N1CCC(c2ccc(-c3ncccn3)cc2)CC1.c1cnc(-c2ccc(C3CCNCC3)cc2)nc1. The second-order valence-electron chi connectivity index (χ2n) is 12.2. The van der Waals surface area contributed by atoms with Crippen molar-refractivity contribution in [3.8, 4) is 22.8 Å². The molecule has 4 aromatic rings. The first-order chi connectivity index (χ1) is 20.9. The third-order valence-corrected chi connectivity index (χ3v) is 7.90. The van der Waals surface area contributed by atoms with E-state index >= 15 is 0 Å². The van der Waals surface area contributed by atoms with Crippen molar-refractivity contribution < 1.29 is 9.53 Å². The number of aromatic nitrogens is 4. The first-order valence-corrected chi connectivity index (χ1v) is 15.3. The van der Waals surface area contributed by atoms with Gasteiger partial charge in [0.15, 0.2) is 11.6 Å². The average Bonchev–Trinajstić information content (AvgIpc) is 3.06. The van der Waals surface area contributed by atoms with Crippen LogP contribution >= 0.6 is 0 Å². The van der Waals surface area contributed by atoms with Gasteiger partial charge in [-0.15, -0.1) is 0 Å². The highest BCUT2D eigenvalue weighted by Crippen LogP contribution is 2.30. The molecule has 0 atom stereocenters. The first-order valence-electron chi connectivity index (χ1n) is 15.3. The molecular formula is C35H42N6O2. The normalized spacial score (nSPS) is 16.2. The van der Waals surface area contributed by atoms with E-state index in [9.17, 15) is 4.79 Å². The van der Waals surface area contributed by atoms with Gasteiger partial charge in [0.25, 0.3) is 0 Å². The summed E-state index contributed by atoms with van der Waals surface area (Å²) in [6.45, 7) is 9.44. The van der Waals surface area contributed by atoms with E-state index in [0.717, 1.165) is 61.8 Å². The lowest BCUT2D eigenvalue weighted by Crippen LogP contribution is -2.41. The molecule has 2 aromatic heterocycles. The molecule has 0 unspecified atom stereocenters. The molecule has 2 saturated heterocycles. The molecule has 2 fully saturated rings. The highest BCUT2D eigenvalue weighted by Gasteiger charge is 2.27. The Kier molecular flexibility index (Phi) is 10.1. The molecular weight excluding hydrogens is 536 g/mol. The number of ether oxygens (including phenoxy) is 1. The van der Waals surface area contributed by atoms with Crippen LogP contribution in [0.1, 0.15) is 69.4 Å². The molecule has 0 saturated carbocycles. The molecule has 8 heteroatoms. The van der Waals surface area contributed by atoms with Crippen LogP contribution in [-0.2, 0) is 4.74 Å². The number of rotatable bonds is 4.